The molecule has 0 aromatic heterocycles. The first-order valence-electron chi connectivity index (χ1n) is 9.66. The number of nitrogens with zero attached hydrogens (tertiary/aromatic N) is 3. The summed E-state index contributed by atoms with van der Waals surface area (Å²) in [5, 5.41) is 11.6. The lowest BCUT2D eigenvalue weighted by Gasteiger charge is -2.34. The highest BCUT2D eigenvalue weighted by atomic mass is 16.2. The SMILES string of the molecule is N#Cc1cccc(NC(=O)CC(=O)N2CCN(C/C=C/c3ccccc3)CC2)c1. The van der Waals surface area contributed by atoms with Crippen molar-refractivity contribution in [2.45, 2.75) is 6.42 Å². The van der Waals surface area contributed by atoms with E-state index in [1.165, 1.54) is 5.56 Å². The summed E-state index contributed by atoms with van der Waals surface area (Å²) in [4.78, 5) is 28.6. The van der Waals surface area contributed by atoms with Crippen LogP contribution in [0, 0.1) is 11.3 Å². The quantitative estimate of drug-likeness (QED) is 0.772. The maximum atomic E-state index is 12.4. The number of hydrogen-bond donors (Lipinski definition) is 1. The monoisotopic (exact) mass is 388 g/mol. The number of carbonyl (C=O) groups is 2. The molecule has 0 unspecified atom stereocenters. The highest BCUT2D eigenvalue weighted by Gasteiger charge is 2.22. The van der Waals surface area contributed by atoms with E-state index in [2.05, 4.69) is 34.5 Å². The topological polar surface area (TPSA) is 76.4 Å². The Morgan fingerprint density at radius 2 is 1.79 bits per heavy atom. The molecule has 1 heterocycles. The van der Waals surface area contributed by atoms with E-state index in [1.807, 2.05) is 24.3 Å². The van der Waals surface area contributed by atoms with Crippen LogP contribution in [-0.2, 0) is 9.59 Å². The Morgan fingerprint density at radius 1 is 1.03 bits per heavy atom. The van der Waals surface area contributed by atoms with Crippen LogP contribution in [0.3, 0.4) is 0 Å². The summed E-state index contributed by atoms with van der Waals surface area (Å²) in [6.07, 6.45) is 4.05. The van der Waals surface area contributed by atoms with Crippen molar-refractivity contribution >= 4 is 23.6 Å². The summed E-state index contributed by atoms with van der Waals surface area (Å²) >= 11 is 0. The Balaban J connectivity index is 1.40. The summed E-state index contributed by atoms with van der Waals surface area (Å²) in [6.45, 7) is 3.66. The van der Waals surface area contributed by atoms with Gasteiger partial charge in [-0.1, -0.05) is 48.6 Å². The van der Waals surface area contributed by atoms with Crippen molar-refractivity contribution < 1.29 is 9.59 Å². The molecule has 0 radical (unpaired) electrons. The molecule has 6 nitrogen and oxygen atoms in total. The predicted molar refractivity (Wildman–Crippen MR) is 113 cm³/mol. The summed E-state index contributed by atoms with van der Waals surface area (Å²) in [7, 11) is 0. The second-order valence-corrected chi connectivity index (χ2v) is 6.91. The van der Waals surface area contributed by atoms with Crippen LogP contribution in [0.25, 0.3) is 6.08 Å². The summed E-state index contributed by atoms with van der Waals surface area (Å²) in [5.41, 5.74) is 2.16. The average molecular weight is 388 g/mol. The zero-order valence-electron chi connectivity index (χ0n) is 16.3. The van der Waals surface area contributed by atoms with Crippen LogP contribution in [0.5, 0.6) is 0 Å². The number of nitrogens with one attached hydrogen (secondary N) is 1. The van der Waals surface area contributed by atoms with Gasteiger partial charge in [-0.25, -0.2) is 0 Å². The van der Waals surface area contributed by atoms with Gasteiger partial charge in [-0.15, -0.1) is 0 Å². The summed E-state index contributed by atoms with van der Waals surface area (Å²) in [5.74, 6) is -0.531. The molecule has 6 heteroatoms. The fourth-order valence-electron chi connectivity index (χ4n) is 3.20. The Hall–Kier alpha value is -3.43. The first-order valence-corrected chi connectivity index (χ1v) is 9.66. The normalized spacial score (nSPS) is 14.5. The second kappa shape index (κ2) is 10.2. The van der Waals surface area contributed by atoms with Gasteiger partial charge in [-0.3, -0.25) is 14.5 Å². The molecule has 2 aromatic carbocycles. The van der Waals surface area contributed by atoms with E-state index in [9.17, 15) is 9.59 Å². The molecule has 1 aliphatic rings. The van der Waals surface area contributed by atoms with Crippen molar-refractivity contribution in [3.05, 3.63) is 71.8 Å². The summed E-state index contributed by atoms with van der Waals surface area (Å²) < 4.78 is 0. The lowest BCUT2D eigenvalue weighted by atomic mass is 10.2. The first kappa shape index (κ1) is 20.3. The Kier molecular flexibility index (Phi) is 7.15. The van der Waals surface area contributed by atoms with Crippen LogP contribution in [0.15, 0.2) is 60.7 Å². The van der Waals surface area contributed by atoms with Crippen LogP contribution < -0.4 is 5.32 Å². The molecule has 1 aliphatic heterocycles. The molecule has 29 heavy (non-hydrogen) atoms. The second-order valence-electron chi connectivity index (χ2n) is 6.91. The van der Waals surface area contributed by atoms with Gasteiger partial charge >= 0.3 is 0 Å². The molecule has 1 N–H and O–H groups in total. The van der Waals surface area contributed by atoms with Gasteiger partial charge < -0.3 is 10.2 Å². The molecule has 0 atom stereocenters. The maximum Gasteiger partial charge on any atom is 0.233 e. The van der Waals surface area contributed by atoms with Crippen LogP contribution >= 0.6 is 0 Å². The molecule has 0 spiro atoms. The highest BCUT2D eigenvalue weighted by molar-refractivity contribution is 6.03. The summed E-state index contributed by atoms with van der Waals surface area (Å²) in [6, 6.07) is 18.8. The molecule has 0 bridgehead atoms. The molecule has 1 saturated heterocycles. The van der Waals surface area contributed by atoms with Crippen molar-refractivity contribution in [2.24, 2.45) is 0 Å². The fraction of sp³-hybridized carbons (Fsp3) is 0.261. The zero-order chi connectivity index (χ0) is 20.5. The molecule has 2 amide bonds. The molecule has 3 rings (SSSR count). The van der Waals surface area contributed by atoms with Crippen LogP contribution in [0.4, 0.5) is 5.69 Å². The molecule has 148 valence electrons. The van der Waals surface area contributed by atoms with Gasteiger partial charge in [-0.05, 0) is 23.8 Å². The third-order valence-electron chi connectivity index (χ3n) is 4.79. The maximum absolute atomic E-state index is 12.4. The van der Waals surface area contributed by atoms with Gasteiger partial charge in [0, 0.05) is 38.4 Å². The minimum Gasteiger partial charge on any atom is -0.340 e. The lowest BCUT2D eigenvalue weighted by Crippen LogP contribution is -2.49. The number of benzene rings is 2. The molecule has 0 aliphatic carbocycles. The molecular weight excluding hydrogens is 364 g/mol. The minimum absolute atomic E-state index is 0.168. The van der Waals surface area contributed by atoms with Gasteiger partial charge in [0.25, 0.3) is 0 Å². The van der Waals surface area contributed by atoms with Crippen LogP contribution in [-0.4, -0.2) is 54.3 Å². The Labute approximate surface area is 171 Å². The highest BCUT2D eigenvalue weighted by Crippen LogP contribution is 2.11. The number of anilines is 1. The van der Waals surface area contributed by atoms with E-state index in [0.29, 0.717) is 24.3 Å². The van der Waals surface area contributed by atoms with Crippen molar-refractivity contribution in [1.82, 2.24) is 9.80 Å². The third kappa shape index (κ3) is 6.30. The number of carbonyl (C=O) groups excluding carboxylic acids is 2. The molecule has 2 aromatic rings. The largest absolute Gasteiger partial charge is 0.340 e. The van der Waals surface area contributed by atoms with Crippen molar-refractivity contribution in [2.75, 3.05) is 38.0 Å². The number of rotatable bonds is 6. The number of amides is 2. The van der Waals surface area contributed by atoms with Gasteiger partial charge in [-0.2, -0.15) is 5.26 Å². The Morgan fingerprint density at radius 3 is 2.52 bits per heavy atom. The predicted octanol–water partition coefficient (Wildman–Crippen LogP) is 2.74. The first-order chi connectivity index (χ1) is 14.1. The number of hydrogen-bond acceptors (Lipinski definition) is 4. The van der Waals surface area contributed by atoms with E-state index in [1.54, 1.807) is 29.2 Å². The molecular formula is C23H24N4O2. The van der Waals surface area contributed by atoms with E-state index in [4.69, 9.17) is 5.26 Å². The standard InChI is InChI=1S/C23H24N4O2/c24-18-20-8-4-10-21(16-20)25-22(28)17-23(29)27-14-12-26(13-15-27)11-5-9-19-6-2-1-3-7-19/h1-10,16H,11-15,17H2,(H,25,28)/b9-5+. The van der Waals surface area contributed by atoms with Crippen LogP contribution in [0.1, 0.15) is 17.5 Å². The fourth-order valence-corrected chi connectivity index (χ4v) is 3.20. The minimum atomic E-state index is -0.363. The van der Waals surface area contributed by atoms with Crippen molar-refractivity contribution in [3.63, 3.8) is 0 Å². The average Bonchev–Trinajstić information content (AvgIpc) is 2.75. The van der Waals surface area contributed by atoms with Gasteiger partial charge in [0.05, 0.1) is 11.6 Å². The van der Waals surface area contributed by atoms with Gasteiger partial charge in [0.15, 0.2) is 0 Å². The van der Waals surface area contributed by atoms with E-state index >= 15 is 0 Å². The molecule has 1 fully saturated rings. The van der Waals surface area contributed by atoms with Gasteiger partial charge in [0.1, 0.15) is 6.42 Å². The Bertz CT molecular complexity index is 910. The third-order valence-corrected chi connectivity index (χ3v) is 4.79. The van der Waals surface area contributed by atoms with Gasteiger partial charge in [0.2, 0.25) is 11.8 Å². The number of nitriles is 1. The lowest BCUT2D eigenvalue weighted by molar-refractivity contribution is -0.136. The van der Waals surface area contributed by atoms with E-state index in [0.717, 1.165) is 19.6 Å². The molecule has 0 saturated carbocycles. The number of piperazine rings is 1. The zero-order valence-corrected chi connectivity index (χ0v) is 16.3. The van der Waals surface area contributed by atoms with Crippen molar-refractivity contribution in [3.8, 4) is 6.07 Å². The smallest absolute Gasteiger partial charge is 0.233 e. The van der Waals surface area contributed by atoms with E-state index in [-0.39, 0.29) is 18.2 Å². The van der Waals surface area contributed by atoms with Crippen LogP contribution in [0.2, 0.25) is 0 Å². The van der Waals surface area contributed by atoms with Crippen molar-refractivity contribution in [1.29, 1.82) is 5.26 Å². The van der Waals surface area contributed by atoms with E-state index < -0.39 is 0 Å².